The second-order valence-electron chi connectivity index (χ2n) is 6.28. The molecule has 2 rings (SSSR count). The Kier molecular flexibility index (Phi) is 6.80. The summed E-state index contributed by atoms with van der Waals surface area (Å²) in [4.78, 5) is 48.6. The van der Waals surface area contributed by atoms with Crippen LogP contribution in [-0.4, -0.2) is 62.1 Å². The maximum Gasteiger partial charge on any atom is 0.322 e. The standard InChI is InChI=1S/C18H23N3O7/c1-10(17(25)19-8-16(23)24)20-18(26)11-6-15(22)21(9-11)13-5-4-12(27-2)7-14(13)28-3/h4-5,7,10-11H,6,8-9H2,1-3H3,(H,19,25)(H,20,26)(H,23,24). The smallest absolute Gasteiger partial charge is 0.322 e. The van der Waals surface area contributed by atoms with Gasteiger partial charge in [-0.25, -0.2) is 0 Å². The molecule has 0 spiro atoms. The summed E-state index contributed by atoms with van der Waals surface area (Å²) >= 11 is 0. The summed E-state index contributed by atoms with van der Waals surface area (Å²) in [5, 5.41) is 13.3. The molecule has 0 bridgehead atoms. The second kappa shape index (κ2) is 9.07. The van der Waals surface area contributed by atoms with Gasteiger partial charge in [0.25, 0.3) is 0 Å². The van der Waals surface area contributed by atoms with Gasteiger partial charge in [-0.2, -0.15) is 0 Å². The number of anilines is 1. The highest BCUT2D eigenvalue weighted by molar-refractivity contribution is 6.02. The van der Waals surface area contributed by atoms with Crippen molar-refractivity contribution in [3.8, 4) is 11.5 Å². The lowest BCUT2D eigenvalue weighted by molar-refractivity contribution is -0.138. The Bertz CT molecular complexity index is 780. The molecule has 2 atom stereocenters. The van der Waals surface area contributed by atoms with Gasteiger partial charge in [-0.3, -0.25) is 19.2 Å². The fourth-order valence-corrected chi connectivity index (χ4v) is 2.84. The van der Waals surface area contributed by atoms with Gasteiger partial charge in [-0.1, -0.05) is 0 Å². The van der Waals surface area contributed by atoms with Gasteiger partial charge >= 0.3 is 5.97 Å². The van der Waals surface area contributed by atoms with E-state index in [2.05, 4.69) is 10.6 Å². The van der Waals surface area contributed by atoms with Gasteiger partial charge in [-0.15, -0.1) is 0 Å². The van der Waals surface area contributed by atoms with E-state index in [0.29, 0.717) is 17.2 Å². The van der Waals surface area contributed by atoms with Gasteiger partial charge in [0.15, 0.2) is 0 Å². The number of ether oxygens (including phenoxy) is 2. The predicted octanol–water partition coefficient (Wildman–Crippen LogP) is -0.238. The number of nitrogens with zero attached hydrogens (tertiary/aromatic N) is 1. The molecule has 1 fully saturated rings. The van der Waals surface area contributed by atoms with Crippen molar-refractivity contribution in [3.63, 3.8) is 0 Å². The molecule has 1 aromatic rings. The molecule has 1 aliphatic heterocycles. The Hall–Kier alpha value is -3.30. The van der Waals surface area contributed by atoms with Crippen molar-refractivity contribution in [1.29, 1.82) is 0 Å². The largest absolute Gasteiger partial charge is 0.497 e. The van der Waals surface area contributed by atoms with Crippen molar-refractivity contribution in [2.24, 2.45) is 5.92 Å². The van der Waals surface area contributed by atoms with E-state index in [0.717, 1.165) is 0 Å². The molecule has 0 radical (unpaired) electrons. The lowest BCUT2D eigenvalue weighted by atomic mass is 10.1. The molecule has 2 unspecified atom stereocenters. The van der Waals surface area contributed by atoms with Crippen LogP contribution < -0.4 is 25.0 Å². The Morgan fingerprint density at radius 3 is 2.61 bits per heavy atom. The van der Waals surface area contributed by atoms with Crippen molar-refractivity contribution in [1.82, 2.24) is 10.6 Å². The summed E-state index contributed by atoms with van der Waals surface area (Å²) in [6.45, 7) is 1.04. The molecule has 0 saturated carbocycles. The van der Waals surface area contributed by atoms with Crippen LogP contribution in [-0.2, 0) is 19.2 Å². The molecular formula is C18H23N3O7. The Morgan fingerprint density at radius 1 is 1.29 bits per heavy atom. The summed E-state index contributed by atoms with van der Waals surface area (Å²) < 4.78 is 10.5. The topological polar surface area (TPSA) is 134 Å². The van der Waals surface area contributed by atoms with Gasteiger partial charge in [0.1, 0.15) is 24.1 Å². The zero-order chi connectivity index (χ0) is 20.8. The number of hydrogen-bond acceptors (Lipinski definition) is 6. The summed E-state index contributed by atoms with van der Waals surface area (Å²) in [5.74, 6) is -2.13. The Balaban J connectivity index is 2.03. The fourth-order valence-electron chi connectivity index (χ4n) is 2.84. The van der Waals surface area contributed by atoms with Crippen molar-refractivity contribution < 1.29 is 33.8 Å². The molecule has 10 nitrogen and oxygen atoms in total. The van der Waals surface area contributed by atoms with Gasteiger partial charge in [-0.05, 0) is 19.1 Å². The van der Waals surface area contributed by atoms with Crippen molar-refractivity contribution in [2.45, 2.75) is 19.4 Å². The third-order valence-electron chi connectivity index (χ3n) is 4.34. The number of rotatable bonds is 8. The molecule has 3 amide bonds. The summed E-state index contributed by atoms with van der Waals surface area (Å²) in [6, 6.07) is 4.09. The highest BCUT2D eigenvalue weighted by atomic mass is 16.5. The van der Waals surface area contributed by atoms with Crippen LogP contribution in [0.1, 0.15) is 13.3 Å². The number of carbonyl (C=O) groups is 4. The van der Waals surface area contributed by atoms with E-state index in [1.807, 2.05) is 0 Å². The van der Waals surface area contributed by atoms with Crippen LogP contribution in [0, 0.1) is 5.92 Å². The summed E-state index contributed by atoms with van der Waals surface area (Å²) in [7, 11) is 2.99. The van der Waals surface area contributed by atoms with Crippen molar-refractivity contribution in [2.75, 3.05) is 32.2 Å². The average Bonchev–Trinajstić information content (AvgIpc) is 3.06. The maximum atomic E-state index is 12.4. The molecule has 1 saturated heterocycles. The molecule has 3 N–H and O–H groups in total. The van der Waals surface area contributed by atoms with E-state index in [4.69, 9.17) is 14.6 Å². The quantitative estimate of drug-likeness (QED) is 0.555. The summed E-state index contributed by atoms with van der Waals surface area (Å²) in [6.07, 6.45) is -0.00944. The van der Waals surface area contributed by atoms with Gasteiger partial charge < -0.3 is 30.1 Å². The average molecular weight is 393 g/mol. The van der Waals surface area contributed by atoms with Crippen LogP contribution in [0.15, 0.2) is 18.2 Å². The van der Waals surface area contributed by atoms with Crippen molar-refractivity contribution in [3.05, 3.63) is 18.2 Å². The molecule has 1 aromatic carbocycles. The number of amides is 3. The number of aliphatic carboxylic acids is 1. The molecular weight excluding hydrogens is 370 g/mol. The molecule has 1 aliphatic rings. The highest BCUT2D eigenvalue weighted by Gasteiger charge is 2.37. The van der Waals surface area contributed by atoms with E-state index in [1.54, 1.807) is 18.2 Å². The van der Waals surface area contributed by atoms with Crippen LogP contribution in [0.25, 0.3) is 0 Å². The van der Waals surface area contributed by atoms with Crippen LogP contribution in [0.3, 0.4) is 0 Å². The minimum Gasteiger partial charge on any atom is -0.497 e. The first-order chi connectivity index (χ1) is 13.3. The SMILES string of the molecule is COc1ccc(N2CC(C(=O)NC(C)C(=O)NCC(=O)O)CC2=O)c(OC)c1. The lowest BCUT2D eigenvalue weighted by Gasteiger charge is -2.20. The van der Waals surface area contributed by atoms with Crippen LogP contribution in [0.4, 0.5) is 5.69 Å². The van der Waals surface area contributed by atoms with Crippen LogP contribution in [0.5, 0.6) is 11.5 Å². The predicted molar refractivity (Wildman–Crippen MR) is 98.3 cm³/mol. The van der Waals surface area contributed by atoms with Crippen LogP contribution >= 0.6 is 0 Å². The van der Waals surface area contributed by atoms with E-state index < -0.39 is 36.3 Å². The van der Waals surface area contributed by atoms with E-state index in [9.17, 15) is 19.2 Å². The van der Waals surface area contributed by atoms with Crippen LogP contribution in [0.2, 0.25) is 0 Å². The minimum atomic E-state index is -1.18. The number of nitrogens with one attached hydrogen (secondary N) is 2. The molecule has 1 heterocycles. The molecule has 0 aliphatic carbocycles. The third-order valence-corrected chi connectivity index (χ3v) is 4.34. The third kappa shape index (κ3) is 4.90. The number of hydrogen-bond donors (Lipinski definition) is 3. The highest BCUT2D eigenvalue weighted by Crippen LogP contribution is 2.35. The first kappa shape index (κ1) is 21.0. The number of carboxylic acids is 1. The molecule has 0 aromatic heterocycles. The molecule has 152 valence electrons. The van der Waals surface area contributed by atoms with Gasteiger partial charge in [0.05, 0.1) is 25.8 Å². The second-order valence-corrected chi connectivity index (χ2v) is 6.28. The molecule has 10 heteroatoms. The molecule has 28 heavy (non-hydrogen) atoms. The number of benzene rings is 1. The van der Waals surface area contributed by atoms with Gasteiger partial charge in [0.2, 0.25) is 17.7 Å². The first-order valence-electron chi connectivity index (χ1n) is 8.59. The number of carboxylic acid groups (broad SMARTS) is 1. The maximum absolute atomic E-state index is 12.4. The summed E-state index contributed by atoms with van der Waals surface area (Å²) in [5.41, 5.74) is 0.524. The fraction of sp³-hybridized carbons (Fsp3) is 0.444. The minimum absolute atomic E-state index is 0.00944. The van der Waals surface area contributed by atoms with Gasteiger partial charge in [0, 0.05) is 19.0 Å². The first-order valence-corrected chi connectivity index (χ1v) is 8.59. The monoisotopic (exact) mass is 393 g/mol. The van der Waals surface area contributed by atoms with Crippen molar-refractivity contribution >= 4 is 29.4 Å². The Labute approximate surface area is 161 Å². The zero-order valence-electron chi connectivity index (χ0n) is 15.9. The van der Waals surface area contributed by atoms with E-state index in [-0.39, 0.29) is 18.9 Å². The van der Waals surface area contributed by atoms with E-state index in [1.165, 1.54) is 26.0 Å². The normalized spacial score (nSPS) is 17.0. The number of methoxy groups -OCH3 is 2. The lowest BCUT2D eigenvalue weighted by Crippen LogP contribution is -2.48. The van der Waals surface area contributed by atoms with E-state index >= 15 is 0 Å². The Morgan fingerprint density at radius 2 is 2.00 bits per heavy atom. The number of carbonyl (C=O) groups excluding carboxylic acids is 3. The zero-order valence-corrected chi connectivity index (χ0v) is 15.9.